The second kappa shape index (κ2) is 7.38. The van der Waals surface area contributed by atoms with Crippen LogP contribution < -0.4 is 11.1 Å². The topological polar surface area (TPSA) is 67.6 Å². The Morgan fingerprint density at radius 1 is 1.45 bits per heavy atom. The lowest BCUT2D eigenvalue weighted by atomic mass is 9.91. The molecule has 0 heterocycles. The van der Waals surface area contributed by atoms with E-state index in [9.17, 15) is 4.79 Å². The molecule has 1 saturated carbocycles. The number of hydrogen-bond acceptors (Lipinski definition) is 4. The largest absolute Gasteiger partial charge is 0.383 e. The van der Waals surface area contributed by atoms with Gasteiger partial charge in [-0.15, -0.1) is 0 Å². The molecule has 5 nitrogen and oxygen atoms in total. The highest BCUT2D eigenvalue weighted by atomic mass is 16.5. The summed E-state index contributed by atoms with van der Waals surface area (Å²) in [5, 5.41) is 3.32. The Morgan fingerprint density at radius 2 is 2.05 bits per heavy atom. The smallest absolute Gasteiger partial charge is 0.237 e. The van der Waals surface area contributed by atoms with Gasteiger partial charge in [0.25, 0.3) is 0 Å². The normalized spacial score (nSPS) is 20.1. The Hall–Kier alpha value is -0.650. The molecule has 1 amide bonds. The van der Waals surface area contributed by atoms with E-state index >= 15 is 0 Å². The Bertz CT molecular complexity index is 318. The molecule has 0 spiro atoms. The molecule has 0 aromatic carbocycles. The van der Waals surface area contributed by atoms with Crippen molar-refractivity contribution in [2.24, 2.45) is 5.73 Å². The predicted octanol–water partition coefficient (Wildman–Crippen LogP) is 1.12. The Morgan fingerprint density at radius 3 is 2.45 bits per heavy atom. The van der Waals surface area contributed by atoms with E-state index in [0.717, 1.165) is 19.6 Å². The summed E-state index contributed by atoms with van der Waals surface area (Å²) >= 11 is 0. The van der Waals surface area contributed by atoms with E-state index in [4.69, 9.17) is 10.5 Å². The van der Waals surface area contributed by atoms with Crippen LogP contribution in [0.2, 0.25) is 0 Å². The predicted molar refractivity (Wildman–Crippen MR) is 81.6 cm³/mol. The number of carbonyl (C=O) groups excluding carboxylic acids is 1. The number of nitrogens with zero attached hydrogens (tertiary/aromatic N) is 1. The van der Waals surface area contributed by atoms with Crippen molar-refractivity contribution in [3.63, 3.8) is 0 Å². The maximum Gasteiger partial charge on any atom is 0.237 e. The molecule has 0 bridgehead atoms. The molecule has 1 aliphatic carbocycles. The van der Waals surface area contributed by atoms with Gasteiger partial charge in [0.15, 0.2) is 0 Å². The van der Waals surface area contributed by atoms with Gasteiger partial charge in [0.05, 0.1) is 12.1 Å². The third-order valence-electron chi connectivity index (χ3n) is 3.99. The van der Waals surface area contributed by atoms with Crippen LogP contribution in [0.1, 0.15) is 47.0 Å². The molecule has 1 fully saturated rings. The molecular formula is C15H31N3O2. The zero-order chi connectivity index (χ0) is 15.3. The van der Waals surface area contributed by atoms with Crippen LogP contribution in [-0.4, -0.2) is 54.7 Å². The number of amides is 1. The highest BCUT2D eigenvalue weighted by molar-refractivity contribution is 5.84. The molecule has 1 aliphatic rings. The van der Waals surface area contributed by atoms with Crippen LogP contribution in [0.4, 0.5) is 0 Å². The number of ether oxygens (including phenoxy) is 1. The van der Waals surface area contributed by atoms with Crippen LogP contribution in [0.5, 0.6) is 0 Å². The van der Waals surface area contributed by atoms with Gasteiger partial charge in [-0.05, 0) is 47.0 Å². The highest BCUT2D eigenvalue weighted by Crippen LogP contribution is 2.30. The lowest BCUT2D eigenvalue weighted by Crippen LogP contribution is -2.58. The zero-order valence-electron chi connectivity index (χ0n) is 13.6. The Kier molecular flexibility index (Phi) is 6.43. The van der Waals surface area contributed by atoms with E-state index in [1.54, 1.807) is 7.11 Å². The molecule has 0 aliphatic heterocycles. The number of primary amides is 1. The molecule has 118 valence electrons. The van der Waals surface area contributed by atoms with Crippen LogP contribution in [0.3, 0.4) is 0 Å². The minimum atomic E-state index is -0.659. The van der Waals surface area contributed by atoms with Crippen molar-refractivity contribution in [2.45, 2.75) is 70.6 Å². The average Bonchev–Trinajstić information content (AvgIpc) is 3.12. The molecule has 0 aromatic heterocycles. The molecule has 0 radical (unpaired) electrons. The lowest BCUT2D eigenvalue weighted by Gasteiger charge is -2.37. The summed E-state index contributed by atoms with van der Waals surface area (Å²) in [7, 11) is 1.73. The van der Waals surface area contributed by atoms with Crippen molar-refractivity contribution in [1.82, 2.24) is 10.2 Å². The Balaban J connectivity index is 2.67. The van der Waals surface area contributed by atoms with Crippen molar-refractivity contribution >= 4 is 5.91 Å². The highest BCUT2D eigenvalue weighted by Gasteiger charge is 2.38. The van der Waals surface area contributed by atoms with Crippen LogP contribution >= 0.6 is 0 Å². The quantitative estimate of drug-likeness (QED) is 0.631. The van der Waals surface area contributed by atoms with Gasteiger partial charge in [-0.1, -0.05) is 0 Å². The third-order valence-corrected chi connectivity index (χ3v) is 3.99. The third kappa shape index (κ3) is 5.04. The monoisotopic (exact) mass is 285 g/mol. The number of methoxy groups -OCH3 is 1. The van der Waals surface area contributed by atoms with Crippen molar-refractivity contribution in [2.75, 3.05) is 20.3 Å². The molecule has 20 heavy (non-hydrogen) atoms. The van der Waals surface area contributed by atoms with Crippen molar-refractivity contribution in [3.05, 3.63) is 0 Å². The first-order valence-electron chi connectivity index (χ1n) is 7.62. The summed E-state index contributed by atoms with van der Waals surface area (Å²) in [5.41, 5.74) is 4.96. The number of rotatable bonds is 10. The van der Waals surface area contributed by atoms with Crippen molar-refractivity contribution < 1.29 is 9.53 Å². The molecule has 1 rings (SSSR count). The second-order valence-corrected chi connectivity index (χ2v) is 6.51. The first-order chi connectivity index (χ1) is 9.30. The molecule has 3 N–H and O–H groups in total. The van der Waals surface area contributed by atoms with Gasteiger partial charge in [-0.25, -0.2) is 0 Å². The number of hydrogen-bond donors (Lipinski definition) is 2. The summed E-state index contributed by atoms with van der Waals surface area (Å²) < 4.78 is 5.19. The minimum Gasteiger partial charge on any atom is -0.383 e. The summed E-state index contributed by atoms with van der Waals surface area (Å²) in [6, 6.07) is 1.19. The van der Waals surface area contributed by atoms with Gasteiger partial charge in [-0.3, -0.25) is 9.69 Å². The SMILES string of the molecule is COCCN(C(C)CC(C)(NC(C)C)C(N)=O)C1CC1. The summed E-state index contributed by atoms with van der Waals surface area (Å²) in [4.78, 5) is 14.3. The van der Waals surface area contributed by atoms with Crippen LogP contribution in [0, 0.1) is 0 Å². The summed E-state index contributed by atoms with van der Waals surface area (Å²) in [5.74, 6) is -0.277. The van der Waals surface area contributed by atoms with E-state index in [-0.39, 0.29) is 11.9 Å². The van der Waals surface area contributed by atoms with Crippen LogP contribution in [-0.2, 0) is 9.53 Å². The lowest BCUT2D eigenvalue weighted by molar-refractivity contribution is -0.125. The molecule has 5 heteroatoms. The van der Waals surface area contributed by atoms with Gasteiger partial charge >= 0.3 is 0 Å². The average molecular weight is 285 g/mol. The van der Waals surface area contributed by atoms with Gasteiger partial charge in [0, 0.05) is 31.8 Å². The maximum absolute atomic E-state index is 11.8. The van der Waals surface area contributed by atoms with Crippen molar-refractivity contribution in [1.29, 1.82) is 0 Å². The summed E-state index contributed by atoms with van der Waals surface area (Å²) in [6.45, 7) is 9.81. The van der Waals surface area contributed by atoms with Gasteiger partial charge in [0.1, 0.15) is 0 Å². The zero-order valence-corrected chi connectivity index (χ0v) is 13.6. The molecule has 0 aromatic rings. The maximum atomic E-state index is 11.8. The van der Waals surface area contributed by atoms with E-state index < -0.39 is 5.54 Å². The summed E-state index contributed by atoms with van der Waals surface area (Å²) in [6.07, 6.45) is 3.22. The second-order valence-electron chi connectivity index (χ2n) is 6.51. The van der Waals surface area contributed by atoms with E-state index in [0.29, 0.717) is 12.1 Å². The van der Waals surface area contributed by atoms with Gasteiger partial charge in [0.2, 0.25) is 5.91 Å². The first-order valence-corrected chi connectivity index (χ1v) is 7.62. The Labute approximate surface area is 123 Å². The van der Waals surface area contributed by atoms with Gasteiger partial charge in [-0.2, -0.15) is 0 Å². The molecule has 0 saturated heterocycles. The van der Waals surface area contributed by atoms with Crippen molar-refractivity contribution in [3.8, 4) is 0 Å². The van der Waals surface area contributed by atoms with E-state index in [1.165, 1.54) is 12.8 Å². The molecular weight excluding hydrogens is 254 g/mol. The molecule has 2 atom stereocenters. The van der Waals surface area contributed by atoms with E-state index in [2.05, 4.69) is 17.1 Å². The number of nitrogens with one attached hydrogen (secondary N) is 1. The fourth-order valence-electron chi connectivity index (χ4n) is 2.94. The minimum absolute atomic E-state index is 0.230. The fourth-order valence-corrected chi connectivity index (χ4v) is 2.94. The number of carbonyl (C=O) groups is 1. The fraction of sp³-hybridized carbons (Fsp3) is 0.933. The first kappa shape index (κ1) is 17.4. The van der Waals surface area contributed by atoms with Crippen LogP contribution in [0.15, 0.2) is 0 Å². The number of nitrogens with two attached hydrogens (primary N) is 1. The van der Waals surface area contributed by atoms with Crippen LogP contribution in [0.25, 0.3) is 0 Å². The molecule has 2 unspecified atom stereocenters. The van der Waals surface area contributed by atoms with Gasteiger partial charge < -0.3 is 15.8 Å². The van der Waals surface area contributed by atoms with E-state index in [1.807, 2.05) is 20.8 Å². The standard InChI is InChI=1S/C15H31N3O2/c1-11(2)17-15(4,14(16)19)10-12(3)18(8-9-20-5)13-6-7-13/h11-13,17H,6-10H2,1-5H3,(H2,16,19).